The summed E-state index contributed by atoms with van der Waals surface area (Å²) in [7, 11) is 0. The highest BCUT2D eigenvalue weighted by Gasteiger charge is 1.93. The van der Waals surface area contributed by atoms with Crippen molar-refractivity contribution in [3.8, 4) is 0 Å². The van der Waals surface area contributed by atoms with Crippen LogP contribution in [0.1, 0.15) is 30.0 Å². The molecule has 0 heterocycles. The number of hydrogen-bond donors (Lipinski definition) is 0. The predicted octanol–water partition coefficient (Wildman–Crippen LogP) is 5.21. The Morgan fingerprint density at radius 2 is 1.90 bits per heavy atom. The molecule has 1 nitrogen and oxygen atoms in total. The topological polar surface area (TPSA) is 17.1 Å². The van der Waals surface area contributed by atoms with Crippen LogP contribution in [-0.4, -0.2) is 6.79 Å². The maximum absolute atomic E-state index is 8.00. The number of allylic oxidation sites excluding steroid dienone is 5. The summed E-state index contributed by atoms with van der Waals surface area (Å²) in [6.45, 7) is 16.0. The molecule has 0 aromatic heterocycles. The summed E-state index contributed by atoms with van der Waals surface area (Å²) < 4.78 is 0. The van der Waals surface area contributed by atoms with Crippen molar-refractivity contribution in [1.29, 1.82) is 0 Å². The molecule has 0 atom stereocenters. The minimum absolute atomic E-state index is 0.890. The molecule has 0 aliphatic carbocycles. The van der Waals surface area contributed by atoms with Crippen LogP contribution in [0.5, 0.6) is 0 Å². The van der Waals surface area contributed by atoms with Crippen molar-refractivity contribution >= 4 is 12.9 Å². The second kappa shape index (κ2) is 9.74. The molecule has 0 amide bonds. The number of rotatable bonds is 5. The first-order valence-electron chi connectivity index (χ1n) is 6.53. The Balaban J connectivity index is 0.00000172. The molecule has 0 fully saturated rings. The molecule has 0 unspecified atom stereocenters. The maximum atomic E-state index is 8.00. The van der Waals surface area contributed by atoms with Gasteiger partial charge in [-0.1, -0.05) is 72.4 Å². The van der Waals surface area contributed by atoms with Gasteiger partial charge in [-0.3, -0.25) is 0 Å². The van der Waals surface area contributed by atoms with Crippen LogP contribution in [0.3, 0.4) is 0 Å². The van der Waals surface area contributed by atoms with Crippen molar-refractivity contribution in [2.45, 2.75) is 27.2 Å². The minimum Gasteiger partial charge on any atom is -0.307 e. The second-order valence-electron chi connectivity index (χ2n) is 4.77. The van der Waals surface area contributed by atoms with E-state index in [1.54, 1.807) is 0 Å². The number of benzene rings is 1. The third-order valence-electron chi connectivity index (χ3n) is 2.88. The average Bonchev–Trinajstić information content (AvgIpc) is 2.43. The van der Waals surface area contributed by atoms with Crippen LogP contribution in [0.2, 0.25) is 0 Å². The zero-order valence-electron chi connectivity index (χ0n) is 12.8. The minimum atomic E-state index is 0.890. The van der Waals surface area contributed by atoms with Gasteiger partial charge in [-0.2, -0.15) is 0 Å². The lowest BCUT2D eigenvalue weighted by molar-refractivity contribution is -0.0979. The Morgan fingerprint density at radius 1 is 1.25 bits per heavy atom. The van der Waals surface area contributed by atoms with Gasteiger partial charge in [0, 0.05) is 0 Å². The lowest BCUT2D eigenvalue weighted by Gasteiger charge is -2.01. The van der Waals surface area contributed by atoms with E-state index in [-0.39, 0.29) is 0 Å². The molecule has 0 bridgehead atoms. The van der Waals surface area contributed by atoms with Gasteiger partial charge in [-0.25, -0.2) is 0 Å². The van der Waals surface area contributed by atoms with E-state index in [4.69, 9.17) is 4.79 Å². The number of carbonyl (C=O) groups is 1. The molecule has 1 aromatic rings. The molecule has 0 radical (unpaired) electrons. The Kier molecular flexibility index (Phi) is 8.69. The molecule has 1 heteroatoms. The first kappa shape index (κ1) is 17.8. The normalized spacial score (nSPS) is 10.8. The molecular weight excluding hydrogens is 244 g/mol. The fourth-order valence-corrected chi connectivity index (χ4v) is 1.82. The van der Waals surface area contributed by atoms with Crippen LogP contribution in [0.15, 0.2) is 60.7 Å². The van der Waals surface area contributed by atoms with Gasteiger partial charge in [-0.05, 0) is 38.3 Å². The largest absolute Gasteiger partial charge is 0.307 e. The molecule has 1 rings (SSSR count). The van der Waals surface area contributed by atoms with Gasteiger partial charge in [0.2, 0.25) is 0 Å². The highest BCUT2D eigenvalue weighted by Crippen LogP contribution is 2.13. The van der Waals surface area contributed by atoms with Crippen molar-refractivity contribution < 1.29 is 4.79 Å². The van der Waals surface area contributed by atoms with E-state index in [0.29, 0.717) is 0 Å². The number of aryl methyl sites for hydroxylation is 2. The van der Waals surface area contributed by atoms with Gasteiger partial charge in [0.1, 0.15) is 6.79 Å². The molecule has 0 spiro atoms. The van der Waals surface area contributed by atoms with Crippen LogP contribution in [0.25, 0.3) is 6.08 Å². The standard InChI is InChI=1S/C18H22.CH2O/c1-6-14(2)12-15(3)8-7-9-18-11-10-16(4)13-17(18)5;1-2/h6-11,13H,1-2,12H2,3-5H3;1H2/b9-7+,15-8+;. The molecule has 0 N–H and O–H groups in total. The summed E-state index contributed by atoms with van der Waals surface area (Å²) in [6.07, 6.45) is 9.08. The molecule has 0 saturated heterocycles. The Labute approximate surface area is 123 Å². The van der Waals surface area contributed by atoms with Crippen molar-refractivity contribution in [3.05, 3.63) is 77.4 Å². The van der Waals surface area contributed by atoms with E-state index in [1.165, 1.54) is 22.3 Å². The average molecular weight is 268 g/mol. The summed E-state index contributed by atoms with van der Waals surface area (Å²) in [5.74, 6) is 0. The molecular formula is C19H24O. The van der Waals surface area contributed by atoms with Crippen LogP contribution in [0.4, 0.5) is 0 Å². The Bertz CT molecular complexity index is 519. The predicted molar refractivity (Wildman–Crippen MR) is 89.8 cm³/mol. The molecule has 1 aromatic carbocycles. The van der Waals surface area contributed by atoms with E-state index >= 15 is 0 Å². The molecule has 106 valence electrons. The highest BCUT2D eigenvalue weighted by molar-refractivity contribution is 5.55. The summed E-state index contributed by atoms with van der Waals surface area (Å²) in [4.78, 5) is 8.00. The number of carbonyl (C=O) groups excluding carboxylic acids is 1. The van der Waals surface area contributed by atoms with Crippen LogP contribution in [-0.2, 0) is 4.79 Å². The summed E-state index contributed by atoms with van der Waals surface area (Å²) in [5.41, 5.74) is 6.24. The molecule has 0 aliphatic rings. The third kappa shape index (κ3) is 6.69. The third-order valence-corrected chi connectivity index (χ3v) is 2.88. The zero-order valence-corrected chi connectivity index (χ0v) is 12.8. The number of hydrogen-bond acceptors (Lipinski definition) is 1. The lowest BCUT2D eigenvalue weighted by Crippen LogP contribution is -1.82. The Morgan fingerprint density at radius 3 is 2.45 bits per heavy atom. The lowest BCUT2D eigenvalue weighted by atomic mass is 10.0. The van der Waals surface area contributed by atoms with Gasteiger partial charge >= 0.3 is 0 Å². The summed E-state index contributed by atoms with van der Waals surface area (Å²) in [6, 6.07) is 6.51. The smallest absolute Gasteiger partial charge is 0.106 e. The van der Waals surface area contributed by atoms with Gasteiger partial charge in [0.05, 0.1) is 0 Å². The van der Waals surface area contributed by atoms with E-state index < -0.39 is 0 Å². The van der Waals surface area contributed by atoms with E-state index in [0.717, 1.165) is 12.0 Å². The van der Waals surface area contributed by atoms with E-state index in [2.05, 4.69) is 70.4 Å². The second-order valence-corrected chi connectivity index (χ2v) is 4.77. The SMILES string of the molecule is C=CC(=C)C/C(C)=C/C=C/c1ccc(C)cc1C.C=O. The fraction of sp³-hybridized carbons (Fsp3) is 0.211. The summed E-state index contributed by atoms with van der Waals surface area (Å²) in [5, 5.41) is 0. The maximum Gasteiger partial charge on any atom is 0.106 e. The van der Waals surface area contributed by atoms with Gasteiger partial charge in [-0.15, -0.1) is 0 Å². The monoisotopic (exact) mass is 268 g/mol. The van der Waals surface area contributed by atoms with E-state index in [1.807, 2.05) is 12.9 Å². The quantitative estimate of drug-likeness (QED) is 0.670. The molecule has 0 aliphatic heterocycles. The van der Waals surface area contributed by atoms with Crippen LogP contribution >= 0.6 is 0 Å². The molecule has 20 heavy (non-hydrogen) atoms. The van der Waals surface area contributed by atoms with Crippen LogP contribution < -0.4 is 0 Å². The highest BCUT2D eigenvalue weighted by atomic mass is 16.1. The van der Waals surface area contributed by atoms with Gasteiger partial charge in [0.15, 0.2) is 0 Å². The van der Waals surface area contributed by atoms with Crippen LogP contribution in [0, 0.1) is 13.8 Å². The van der Waals surface area contributed by atoms with Crippen molar-refractivity contribution in [2.24, 2.45) is 0 Å². The fourth-order valence-electron chi connectivity index (χ4n) is 1.82. The van der Waals surface area contributed by atoms with Gasteiger partial charge in [0.25, 0.3) is 0 Å². The van der Waals surface area contributed by atoms with Gasteiger partial charge < -0.3 is 4.79 Å². The Hall–Kier alpha value is -2.15. The first-order chi connectivity index (χ1) is 9.52. The van der Waals surface area contributed by atoms with Crippen molar-refractivity contribution in [1.82, 2.24) is 0 Å². The van der Waals surface area contributed by atoms with Crippen molar-refractivity contribution in [2.75, 3.05) is 0 Å². The van der Waals surface area contributed by atoms with E-state index in [9.17, 15) is 0 Å². The summed E-state index contributed by atoms with van der Waals surface area (Å²) >= 11 is 0. The molecule has 0 saturated carbocycles. The first-order valence-corrected chi connectivity index (χ1v) is 6.53. The van der Waals surface area contributed by atoms with Crippen molar-refractivity contribution in [3.63, 3.8) is 0 Å². The zero-order chi connectivity index (χ0) is 15.5.